The van der Waals surface area contributed by atoms with Gasteiger partial charge in [-0.25, -0.2) is 0 Å². The molecule has 0 saturated heterocycles. The first-order chi connectivity index (χ1) is 6.99. The molecule has 0 aliphatic heterocycles. The van der Waals surface area contributed by atoms with Gasteiger partial charge in [0.2, 0.25) is 0 Å². The minimum atomic E-state index is -0.571. The van der Waals surface area contributed by atoms with Crippen LogP contribution in [-0.4, -0.2) is 17.3 Å². The van der Waals surface area contributed by atoms with E-state index in [9.17, 15) is 5.11 Å². The molecule has 0 bridgehead atoms. The molecule has 0 fully saturated rings. The van der Waals surface area contributed by atoms with E-state index in [2.05, 4.69) is 36.5 Å². The van der Waals surface area contributed by atoms with E-state index in [-0.39, 0.29) is 0 Å². The van der Waals surface area contributed by atoms with E-state index in [0.29, 0.717) is 0 Å². The summed E-state index contributed by atoms with van der Waals surface area (Å²) in [5, 5.41) is 12.9. The summed E-state index contributed by atoms with van der Waals surface area (Å²) in [4.78, 5) is 0. The lowest BCUT2D eigenvalue weighted by molar-refractivity contribution is 0.0711. The topological polar surface area (TPSA) is 32.3 Å². The van der Waals surface area contributed by atoms with Gasteiger partial charge in [0.25, 0.3) is 0 Å². The number of hydrogen-bond donors (Lipinski definition) is 2. The molecule has 1 aromatic carbocycles. The molecule has 0 unspecified atom stereocenters. The van der Waals surface area contributed by atoms with Gasteiger partial charge in [-0.1, -0.05) is 24.3 Å². The van der Waals surface area contributed by atoms with Crippen molar-refractivity contribution in [2.75, 3.05) is 6.54 Å². The first kappa shape index (κ1) is 12.2. The maximum Gasteiger partial charge on any atom is 0.0603 e. The average molecular weight is 207 g/mol. The molecule has 0 aliphatic carbocycles. The fraction of sp³-hybridized carbons (Fsp3) is 0.538. The SMILES string of the molecule is Cc1ccccc1CNCCC(C)(C)O. The quantitative estimate of drug-likeness (QED) is 0.726. The van der Waals surface area contributed by atoms with Gasteiger partial charge in [0.05, 0.1) is 5.60 Å². The smallest absolute Gasteiger partial charge is 0.0603 e. The third kappa shape index (κ3) is 4.96. The summed E-state index contributed by atoms with van der Waals surface area (Å²) in [5.41, 5.74) is 2.07. The van der Waals surface area contributed by atoms with Crippen LogP contribution in [0, 0.1) is 6.92 Å². The van der Waals surface area contributed by atoms with Crippen LogP contribution in [0.1, 0.15) is 31.4 Å². The molecule has 0 spiro atoms. The van der Waals surface area contributed by atoms with E-state index >= 15 is 0 Å². The molecule has 2 heteroatoms. The zero-order valence-corrected chi connectivity index (χ0v) is 9.88. The summed E-state index contributed by atoms with van der Waals surface area (Å²) in [6, 6.07) is 8.36. The number of rotatable bonds is 5. The van der Waals surface area contributed by atoms with Gasteiger partial charge < -0.3 is 10.4 Å². The van der Waals surface area contributed by atoms with Crippen LogP contribution in [0.5, 0.6) is 0 Å². The van der Waals surface area contributed by atoms with Crippen molar-refractivity contribution in [2.45, 2.75) is 39.3 Å². The standard InChI is InChI=1S/C13H21NO/c1-11-6-4-5-7-12(11)10-14-9-8-13(2,3)15/h4-7,14-15H,8-10H2,1-3H3. The van der Waals surface area contributed by atoms with Crippen LogP contribution in [0.2, 0.25) is 0 Å². The van der Waals surface area contributed by atoms with Crippen molar-refractivity contribution in [3.8, 4) is 0 Å². The van der Waals surface area contributed by atoms with E-state index in [1.807, 2.05) is 13.8 Å². The molecule has 2 N–H and O–H groups in total. The molecule has 2 nitrogen and oxygen atoms in total. The maximum absolute atomic E-state index is 9.53. The summed E-state index contributed by atoms with van der Waals surface area (Å²) in [7, 11) is 0. The van der Waals surface area contributed by atoms with Crippen LogP contribution in [0.15, 0.2) is 24.3 Å². The highest BCUT2D eigenvalue weighted by atomic mass is 16.3. The molecule has 0 radical (unpaired) electrons. The average Bonchev–Trinajstić information content (AvgIpc) is 2.13. The lowest BCUT2D eigenvalue weighted by Crippen LogP contribution is -2.26. The molecule has 15 heavy (non-hydrogen) atoms. The Morgan fingerprint density at radius 3 is 2.53 bits per heavy atom. The number of nitrogens with one attached hydrogen (secondary N) is 1. The Morgan fingerprint density at radius 1 is 1.27 bits per heavy atom. The van der Waals surface area contributed by atoms with Crippen LogP contribution < -0.4 is 5.32 Å². The Morgan fingerprint density at radius 2 is 1.93 bits per heavy atom. The number of hydrogen-bond acceptors (Lipinski definition) is 2. The second-order valence-corrected chi connectivity index (χ2v) is 4.67. The summed E-state index contributed by atoms with van der Waals surface area (Å²) in [6.45, 7) is 7.51. The largest absolute Gasteiger partial charge is 0.390 e. The fourth-order valence-corrected chi connectivity index (χ4v) is 1.43. The molecule has 0 atom stereocenters. The van der Waals surface area contributed by atoms with E-state index in [0.717, 1.165) is 19.5 Å². The van der Waals surface area contributed by atoms with Crippen LogP contribution in [0.4, 0.5) is 0 Å². The molecular formula is C13H21NO. The van der Waals surface area contributed by atoms with Crippen molar-refractivity contribution in [3.63, 3.8) is 0 Å². The summed E-state index contributed by atoms with van der Waals surface area (Å²) < 4.78 is 0. The highest BCUT2D eigenvalue weighted by Crippen LogP contribution is 2.08. The Balaban J connectivity index is 2.30. The minimum Gasteiger partial charge on any atom is -0.390 e. The predicted molar refractivity (Wildman–Crippen MR) is 63.8 cm³/mol. The Kier molecular flexibility index (Phi) is 4.30. The van der Waals surface area contributed by atoms with Gasteiger partial charge in [-0.2, -0.15) is 0 Å². The number of aryl methyl sites for hydroxylation is 1. The first-order valence-corrected chi connectivity index (χ1v) is 5.47. The summed E-state index contributed by atoms with van der Waals surface area (Å²) >= 11 is 0. The van der Waals surface area contributed by atoms with E-state index in [1.54, 1.807) is 0 Å². The van der Waals surface area contributed by atoms with Gasteiger partial charge in [-0.15, -0.1) is 0 Å². The summed E-state index contributed by atoms with van der Waals surface area (Å²) in [6.07, 6.45) is 0.777. The number of benzene rings is 1. The van der Waals surface area contributed by atoms with Gasteiger partial charge in [0.15, 0.2) is 0 Å². The zero-order chi connectivity index (χ0) is 11.3. The maximum atomic E-state index is 9.53. The normalized spacial score (nSPS) is 11.7. The predicted octanol–water partition coefficient (Wildman–Crippen LogP) is 2.25. The lowest BCUT2D eigenvalue weighted by Gasteiger charge is -2.17. The van der Waals surface area contributed by atoms with Crippen molar-refractivity contribution in [2.24, 2.45) is 0 Å². The Bertz CT molecular complexity index is 302. The van der Waals surface area contributed by atoms with Gasteiger partial charge >= 0.3 is 0 Å². The first-order valence-electron chi connectivity index (χ1n) is 5.47. The number of aliphatic hydroxyl groups is 1. The molecule has 0 saturated carbocycles. The van der Waals surface area contributed by atoms with Gasteiger partial charge in [0, 0.05) is 6.54 Å². The second-order valence-electron chi connectivity index (χ2n) is 4.67. The molecule has 0 aliphatic rings. The van der Waals surface area contributed by atoms with Gasteiger partial charge in [-0.3, -0.25) is 0 Å². The van der Waals surface area contributed by atoms with E-state index in [4.69, 9.17) is 0 Å². The lowest BCUT2D eigenvalue weighted by atomic mass is 10.1. The van der Waals surface area contributed by atoms with Crippen LogP contribution in [0.3, 0.4) is 0 Å². The van der Waals surface area contributed by atoms with Crippen molar-refractivity contribution < 1.29 is 5.11 Å². The molecule has 84 valence electrons. The zero-order valence-electron chi connectivity index (χ0n) is 9.88. The van der Waals surface area contributed by atoms with E-state index < -0.39 is 5.60 Å². The van der Waals surface area contributed by atoms with Crippen molar-refractivity contribution in [1.29, 1.82) is 0 Å². The van der Waals surface area contributed by atoms with Crippen molar-refractivity contribution in [3.05, 3.63) is 35.4 Å². The van der Waals surface area contributed by atoms with Crippen molar-refractivity contribution >= 4 is 0 Å². The molecular weight excluding hydrogens is 186 g/mol. The van der Waals surface area contributed by atoms with Crippen LogP contribution in [-0.2, 0) is 6.54 Å². The van der Waals surface area contributed by atoms with Crippen LogP contribution in [0.25, 0.3) is 0 Å². The van der Waals surface area contributed by atoms with Gasteiger partial charge in [0.1, 0.15) is 0 Å². The molecule has 1 rings (SSSR count). The molecule has 0 heterocycles. The fourth-order valence-electron chi connectivity index (χ4n) is 1.43. The Labute approximate surface area is 92.3 Å². The highest BCUT2D eigenvalue weighted by Gasteiger charge is 2.10. The second kappa shape index (κ2) is 5.29. The third-order valence-electron chi connectivity index (χ3n) is 2.49. The molecule has 0 aromatic heterocycles. The third-order valence-corrected chi connectivity index (χ3v) is 2.49. The Hall–Kier alpha value is -0.860. The highest BCUT2D eigenvalue weighted by molar-refractivity contribution is 5.25. The van der Waals surface area contributed by atoms with E-state index in [1.165, 1.54) is 11.1 Å². The molecule has 1 aromatic rings. The van der Waals surface area contributed by atoms with Crippen molar-refractivity contribution in [1.82, 2.24) is 5.32 Å². The van der Waals surface area contributed by atoms with Gasteiger partial charge in [-0.05, 0) is 44.9 Å². The minimum absolute atomic E-state index is 0.571. The van der Waals surface area contributed by atoms with Crippen LogP contribution >= 0.6 is 0 Å². The summed E-state index contributed by atoms with van der Waals surface area (Å²) in [5.74, 6) is 0. The molecule has 0 amide bonds. The monoisotopic (exact) mass is 207 g/mol.